The third kappa shape index (κ3) is 3.82. The number of nitrogens with zero attached hydrogens (tertiary/aromatic N) is 3. The zero-order valence-electron chi connectivity index (χ0n) is 14.4. The predicted molar refractivity (Wildman–Crippen MR) is 87.5 cm³/mol. The molecule has 2 heterocycles. The minimum atomic E-state index is -0.519. The summed E-state index contributed by atoms with van der Waals surface area (Å²) in [5.74, 6) is -0.165. The van der Waals surface area contributed by atoms with Gasteiger partial charge in [-0.3, -0.25) is 9.80 Å². The van der Waals surface area contributed by atoms with Crippen LogP contribution in [0, 0.1) is 25.5 Å². The summed E-state index contributed by atoms with van der Waals surface area (Å²) in [5, 5.41) is 4.00. The van der Waals surface area contributed by atoms with Crippen LogP contribution in [-0.4, -0.2) is 40.6 Å². The first kappa shape index (κ1) is 17.0. The number of piperazine rings is 1. The van der Waals surface area contributed by atoms with E-state index in [1.165, 1.54) is 12.1 Å². The minimum Gasteiger partial charge on any atom is -0.361 e. The van der Waals surface area contributed by atoms with E-state index in [1.807, 2.05) is 13.8 Å². The fraction of sp³-hybridized carbons (Fsp3) is 0.500. The van der Waals surface area contributed by atoms with E-state index in [0.29, 0.717) is 18.2 Å². The summed E-state index contributed by atoms with van der Waals surface area (Å²) in [6, 6.07) is 4.04. The maximum atomic E-state index is 13.3. The standard InChI is InChI=1S/C18H23F2N3O/c1-12-9-22(11-18-13(2)21-24-14(18)3)4-5-23(12)10-15-6-16(19)8-17(20)7-15/h6-8,12H,4-5,9-11H2,1-3H3. The summed E-state index contributed by atoms with van der Waals surface area (Å²) < 4.78 is 31.9. The van der Waals surface area contributed by atoms with Crippen molar-refractivity contribution in [2.24, 2.45) is 0 Å². The molecule has 24 heavy (non-hydrogen) atoms. The Kier molecular flexibility index (Phi) is 4.96. The summed E-state index contributed by atoms with van der Waals surface area (Å²) in [5.41, 5.74) is 2.78. The Morgan fingerprint density at radius 3 is 2.42 bits per heavy atom. The number of aromatic nitrogens is 1. The van der Waals surface area contributed by atoms with Crippen LogP contribution in [0.2, 0.25) is 0 Å². The molecule has 6 heteroatoms. The van der Waals surface area contributed by atoms with Crippen LogP contribution in [-0.2, 0) is 13.1 Å². The number of benzene rings is 1. The molecule has 1 aliphatic heterocycles. The third-order valence-corrected chi connectivity index (χ3v) is 4.72. The van der Waals surface area contributed by atoms with Gasteiger partial charge in [-0.2, -0.15) is 0 Å². The Labute approximate surface area is 141 Å². The molecule has 0 aliphatic carbocycles. The summed E-state index contributed by atoms with van der Waals surface area (Å²) >= 11 is 0. The van der Waals surface area contributed by atoms with Gasteiger partial charge in [-0.1, -0.05) is 5.16 Å². The second-order valence-corrected chi connectivity index (χ2v) is 6.64. The molecule has 0 radical (unpaired) electrons. The maximum absolute atomic E-state index is 13.3. The van der Waals surface area contributed by atoms with Gasteiger partial charge in [0.2, 0.25) is 0 Å². The monoisotopic (exact) mass is 335 g/mol. The molecular weight excluding hydrogens is 312 g/mol. The zero-order valence-corrected chi connectivity index (χ0v) is 14.4. The molecule has 1 fully saturated rings. The summed E-state index contributed by atoms with van der Waals surface area (Å²) in [4.78, 5) is 4.64. The van der Waals surface area contributed by atoms with Gasteiger partial charge >= 0.3 is 0 Å². The van der Waals surface area contributed by atoms with Crippen molar-refractivity contribution in [1.29, 1.82) is 0 Å². The molecule has 1 aliphatic rings. The van der Waals surface area contributed by atoms with E-state index in [4.69, 9.17) is 4.52 Å². The largest absolute Gasteiger partial charge is 0.361 e. The van der Waals surface area contributed by atoms with Crippen molar-refractivity contribution in [3.05, 3.63) is 52.4 Å². The van der Waals surface area contributed by atoms with E-state index in [0.717, 1.165) is 49.3 Å². The second kappa shape index (κ2) is 6.99. The van der Waals surface area contributed by atoms with Crippen LogP contribution in [0.15, 0.2) is 22.7 Å². The van der Waals surface area contributed by atoms with Gasteiger partial charge in [0.25, 0.3) is 0 Å². The molecule has 0 bridgehead atoms. The molecular formula is C18H23F2N3O. The fourth-order valence-electron chi connectivity index (χ4n) is 3.34. The van der Waals surface area contributed by atoms with Gasteiger partial charge < -0.3 is 4.52 Å². The summed E-state index contributed by atoms with van der Waals surface area (Å²) in [6.45, 7) is 10.1. The lowest BCUT2D eigenvalue weighted by Crippen LogP contribution is -2.51. The minimum absolute atomic E-state index is 0.311. The zero-order chi connectivity index (χ0) is 17.3. The average molecular weight is 335 g/mol. The Bertz CT molecular complexity index is 677. The van der Waals surface area contributed by atoms with Gasteiger partial charge in [-0.25, -0.2) is 8.78 Å². The quantitative estimate of drug-likeness (QED) is 0.858. The van der Waals surface area contributed by atoms with Gasteiger partial charge in [0.05, 0.1) is 5.69 Å². The Balaban J connectivity index is 1.61. The first-order chi connectivity index (χ1) is 11.4. The highest BCUT2D eigenvalue weighted by Gasteiger charge is 2.25. The molecule has 0 spiro atoms. The first-order valence-corrected chi connectivity index (χ1v) is 8.25. The predicted octanol–water partition coefficient (Wildman–Crippen LogP) is 3.28. The van der Waals surface area contributed by atoms with Crippen LogP contribution in [0.3, 0.4) is 0 Å². The van der Waals surface area contributed by atoms with Crippen LogP contribution in [0.25, 0.3) is 0 Å². The number of hydrogen-bond donors (Lipinski definition) is 0. The lowest BCUT2D eigenvalue weighted by atomic mass is 10.1. The lowest BCUT2D eigenvalue weighted by Gasteiger charge is -2.40. The van der Waals surface area contributed by atoms with E-state index >= 15 is 0 Å². The van der Waals surface area contributed by atoms with Crippen molar-refractivity contribution < 1.29 is 13.3 Å². The highest BCUT2D eigenvalue weighted by atomic mass is 19.1. The van der Waals surface area contributed by atoms with Crippen molar-refractivity contribution in [3.63, 3.8) is 0 Å². The molecule has 2 aromatic rings. The molecule has 3 rings (SSSR count). The summed E-state index contributed by atoms with van der Waals surface area (Å²) in [6.07, 6.45) is 0. The Morgan fingerprint density at radius 1 is 1.12 bits per heavy atom. The molecule has 0 amide bonds. The van der Waals surface area contributed by atoms with Crippen molar-refractivity contribution in [1.82, 2.24) is 15.0 Å². The van der Waals surface area contributed by atoms with Crippen LogP contribution in [0.1, 0.15) is 29.5 Å². The van der Waals surface area contributed by atoms with Crippen LogP contribution in [0.5, 0.6) is 0 Å². The fourth-order valence-corrected chi connectivity index (χ4v) is 3.34. The Hall–Kier alpha value is -1.79. The molecule has 0 saturated carbocycles. The molecule has 1 aromatic carbocycles. The van der Waals surface area contributed by atoms with Crippen LogP contribution >= 0.6 is 0 Å². The van der Waals surface area contributed by atoms with E-state index in [2.05, 4.69) is 21.9 Å². The highest BCUT2D eigenvalue weighted by molar-refractivity contribution is 5.21. The SMILES string of the molecule is Cc1noc(C)c1CN1CCN(Cc2cc(F)cc(F)c2)C(C)C1. The number of rotatable bonds is 4. The number of aryl methyl sites for hydroxylation is 2. The smallest absolute Gasteiger partial charge is 0.138 e. The molecule has 1 saturated heterocycles. The third-order valence-electron chi connectivity index (χ3n) is 4.72. The number of halogens is 2. The molecule has 1 unspecified atom stereocenters. The average Bonchev–Trinajstić information content (AvgIpc) is 2.81. The van der Waals surface area contributed by atoms with E-state index in [9.17, 15) is 8.78 Å². The van der Waals surface area contributed by atoms with Crippen molar-refractivity contribution in [2.45, 2.75) is 39.9 Å². The van der Waals surface area contributed by atoms with Gasteiger partial charge in [-0.15, -0.1) is 0 Å². The van der Waals surface area contributed by atoms with Gasteiger partial charge in [0, 0.05) is 50.4 Å². The Morgan fingerprint density at radius 2 is 1.83 bits per heavy atom. The highest BCUT2D eigenvalue weighted by Crippen LogP contribution is 2.20. The normalized spacial score (nSPS) is 19.8. The van der Waals surface area contributed by atoms with Crippen LogP contribution in [0.4, 0.5) is 8.78 Å². The molecule has 1 aromatic heterocycles. The number of hydrogen-bond acceptors (Lipinski definition) is 4. The topological polar surface area (TPSA) is 32.5 Å². The molecule has 4 nitrogen and oxygen atoms in total. The maximum Gasteiger partial charge on any atom is 0.138 e. The van der Waals surface area contributed by atoms with Crippen molar-refractivity contribution in [2.75, 3.05) is 19.6 Å². The van der Waals surface area contributed by atoms with Gasteiger partial charge in [-0.05, 0) is 38.5 Å². The van der Waals surface area contributed by atoms with Gasteiger partial charge in [0.15, 0.2) is 0 Å². The summed E-state index contributed by atoms with van der Waals surface area (Å²) in [7, 11) is 0. The first-order valence-electron chi connectivity index (χ1n) is 8.25. The van der Waals surface area contributed by atoms with Crippen molar-refractivity contribution >= 4 is 0 Å². The second-order valence-electron chi connectivity index (χ2n) is 6.64. The lowest BCUT2D eigenvalue weighted by molar-refractivity contribution is 0.0728. The molecule has 0 N–H and O–H groups in total. The van der Waals surface area contributed by atoms with E-state index in [1.54, 1.807) is 0 Å². The van der Waals surface area contributed by atoms with Gasteiger partial charge in [0.1, 0.15) is 17.4 Å². The van der Waals surface area contributed by atoms with Crippen molar-refractivity contribution in [3.8, 4) is 0 Å². The molecule has 130 valence electrons. The van der Waals surface area contributed by atoms with E-state index < -0.39 is 11.6 Å². The van der Waals surface area contributed by atoms with Crippen LogP contribution < -0.4 is 0 Å². The van der Waals surface area contributed by atoms with E-state index in [-0.39, 0.29) is 0 Å². The molecule has 1 atom stereocenters.